The zero-order valence-electron chi connectivity index (χ0n) is 11.2. The van der Waals surface area contributed by atoms with Crippen molar-refractivity contribution in [3.8, 4) is 5.69 Å². The zero-order chi connectivity index (χ0) is 14.5. The highest BCUT2D eigenvalue weighted by molar-refractivity contribution is 8.00. The Balaban J connectivity index is 1.76. The van der Waals surface area contributed by atoms with Crippen LogP contribution in [0.3, 0.4) is 0 Å². The fourth-order valence-corrected chi connectivity index (χ4v) is 2.72. The summed E-state index contributed by atoms with van der Waals surface area (Å²) in [7, 11) is 0. The third kappa shape index (κ3) is 3.20. The van der Waals surface area contributed by atoms with Crippen LogP contribution in [0.1, 0.15) is 10.5 Å². The number of para-hydroxylation sites is 1. The molecule has 0 saturated carbocycles. The Hall–Kier alpha value is -2.40. The lowest BCUT2D eigenvalue weighted by Crippen LogP contribution is -2.10. The molecule has 0 N–H and O–H groups in total. The van der Waals surface area contributed by atoms with E-state index in [-0.39, 0.29) is 5.78 Å². The summed E-state index contributed by atoms with van der Waals surface area (Å²) in [6, 6.07) is 19.4. The zero-order valence-corrected chi connectivity index (χ0v) is 12.0. The second kappa shape index (κ2) is 6.37. The standard InChI is InChI=1S/C16H13N3OS/c20-16(12-21-14-9-5-2-6-10-14)15-11-17-18-19(15)13-7-3-1-4-8-13/h1-11H,12H2. The number of carbonyl (C=O) groups is 1. The van der Waals surface area contributed by atoms with Crippen molar-refractivity contribution in [2.75, 3.05) is 5.75 Å². The van der Waals surface area contributed by atoms with Crippen LogP contribution < -0.4 is 0 Å². The van der Waals surface area contributed by atoms with E-state index < -0.39 is 0 Å². The molecular formula is C16H13N3OS. The maximum atomic E-state index is 12.4. The fourth-order valence-electron chi connectivity index (χ4n) is 1.92. The average Bonchev–Trinajstić information content (AvgIpc) is 3.04. The van der Waals surface area contributed by atoms with Crippen LogP contribution in [-0.4, -0.2) is 26.5 Å². The number of hydrogen-bond acceptors (Lipinski definition) is 4. The van der Waals surface area contributed by atoms with E-state index >= 15 is 0 Å². The van der Waals surface area contributed by atoms with Gasteiger partial charge in [-0.05, 0) is 24.3 Å². The Labute approximate surface area is 126 Å². The molecule has 5 heteroatoms. The van der Waals surface area contributed by atoms with Crippen molar-refractivity contribution >= 4 is 17.5 Å². The Morgan fingerprint density at radius 1 is 1.00 bits per heavy atom. The summed E-state index contributed by atoms with van der Waals surface area (Å²) >= 11 is 1.51. The van der Waals surface area contributed by atoms with Crippen LogP contribution in [0, 0.1) is 0 Å². The third-order valence-electron chi connectivity index (χ3n) is 2.95. The van der Waals surface area contributed by atoms with Gasteiger partial charge in [0.1, 0.15) is 5.69 Å². The molecule has 0 unspecified atom stereocenters. The number of aromatic nitrogens is 3. The van der Waals surface area contributed by atoms with E-state index in [4.69, 9.17) is 0 Å². The number of carbonyl (C=O) groups excluding carboxylic acids is 1. The Kier molecular flexibility index (Phi) is 4.12. The second-order valence-electron chi connectivity index (χ2n) is 4.39. The van der Waals surface area contributed by atoms with Crippen LogP contribution in [0.25, 0.3) is 5.69 Å². The lowest BCUT2D eigenvalue weighted by atomic mass is 10.3. The van der Waals surface area contributed by atoms with Crippen LogP contribution in [0.15, 0.2) is 71.8 Å². The Bertz CT molecular complexity index is 726. The summed E-state index contributed by atoms with van der Waals surface area (Å²) in [6.07, 6.45) is 1.51. The van der Waals surface area contributed by atoms with Gasteiger partial charge in [0.25, 0.3) is 0 Å². The number of benzene rings is 2. The highest BCUT2D eigenvalue weighted by Crippen LogP contribution is 2.19. The predicted octanol–water partition coefficient (Wildman–Crippen LogP) is 3.24. The van der Waals surface area contributed by atoms with Crippen molar-refractivity contribution in [2.45, 2.75) is 4.90 Å². The van der Waals surface area contributed by atoms with E-state index in [0.29, 0.717) is 11.4 Å². The van der Waals surface area contributed by atoms with Gasteiger partial charge in [0.05, 0.1) is 17.6 Å². The second-order valence-corrected chi connectivity index (χ2v) is 5.44. The molecule has 1 aromatic heterocycles. The molecule has 0 saturated heterocycles. The van der Waals surface area contributed by atoms with Crippen LogP contribution in [0.5, 0.6) is 0 Å². The quantitative estimate of drug-likeness (QED) is 0.535. The molecule has 0 radical (unpaired) electrons. The summed E-state index contributed by atoms with van der Waals surface area (Å²) < 4.78 is 1.58. The minimum absolute atomic E-state index is 0.0118. The molecule has 0 fully saturated rings. The van der Waals surface area contributed by atoms with E-state index in [0.717, 1.165) is 10.6 Å². The number of thioether (sulfide) groups is 1. The van der Waals surface area contributed by atoms with Crippen molar-refractivity contribution in [2.24, 2.45) is 0 Å². The van der Waals surface area contributed by atoms with Gasteiger partial charge in [0, 0.05) is 4.90 Å². The van der Waals surface area contributed by atoms with Crippen molar-refractivity contribution in [3.63, 3.8) is 0 Å². The lowest BCUT2D eigenvalue weighted by molar-refractivity contribution is 0.101. The molecule has 0 aliphatic heterocycles. The molecule has 2 aromatic carbocycles. The monoisotopic (exact) mass is 295 g/mol. The minimum atomic E-state index is 0.0118. The van der Waals surface area contributed by atoms with E-state index in [1.54, 1.807) is 4.68 Å². The van der Waals surface area contributed by atoms with Crippen molar-refractivity contribution in [1.82, 2.24) is 15.0 Å². The van der Waals surface area contributed by atoms with Crippen molar-refractivity contribution in [3.05, 3.63) is 72.6 Å². The van der Waals surface area contributed by atoms with Gasteiger partial charge in [-0.25, -0.2) is 4.68 Å². The number of rotatable bonds is 5. The minimum Gasteiger partial charge on any atom is -0.291 e. The highest BCUT2D eigenvalue weighted by atomic mass is 32.2. The first-order valence-electron chi connectivity index (χ1n) is 6.52. The van der Waals surface area contributed by atoms with Crippen molar-refractivity contribution in [1.29, 1.82) is 0 Å². The summed E-state index contributed by atoms with van der Waals surface area (Å²) in [6.45, 7) is 0. The molecule has 3 aromatic rings. The molecule has 1 heterocycles. The normalized spacial score (nSPS) is 10.5. The first-order chi connectivity index (χ1) is 10.3. The third-order valence-corrected chi connectivity index (χ3v) is 3.96. The average molecular weight is 295 g/mol. The van der Waals surface area contributed by atoms with Gasteiger partial charge in [-0.15, -0.1) is 16.9 Å². The topological polar surface area (TPSA) is 47.8 Å². The Morgan fingerprint density at radius 3 is 2.38 bits per heavy atom. The van der Waals surface area contributed by atoms with E-state index in [1.165, 1.54) is 18.0 Å². The first kappa shape index (κ1) is 13.6. The fraction of sp³-hybridized carbons (Fsp3) is 0.0625. The van der Waals surface area contributed by atoms with Crippen LogP contribution >= 0.6 is 11.8 Å². The van der Waals surface area contributed by atoms with E-state index in [1.807, 2.05) is 60.7 Å². The van der Waals surface area contributed by atoms with E-state index in [9.17, 15) is 4.79 Å². The van der Waals surface area contributed by atoms with Gasteiger partial charge in [-0.2, -0.15) is 0 Å². The van der Waals surface area contributed by atoms with Gasteiger partial charge in [-0.3, -0.25) is 4.79 Å². The number of nitrogens with zero attached hydrogens (tertiary/aromatic N) is 3. The summed E-state index contributed by atoms with van der Waals surface area (Å²) in [5, 5.41) is 7.86. The number of hydrogen-bond donors (Lipinski definition) is 0. The summed E-state index contributed by atoms with van der Waals surface area (Å²) in [5.74, 6) is 0.377. The largest absolute Gasteiger partial charge is 0.291 e. The van der Waals surface area contributed by atoms with Gasteiger partial charge >= 0.3 is 0 Å². The number of ketones is 1. The van der Waals surface area contributed by atoms with Gasteiger partial charge < -0.3 is 0 Å². The Morgan fingerprint density at radius 2 is 1.67 bits per heavy atom. The highest BCUT2D eigenvalue weighted by Gasteiger charge is 2.14. The summed E-state index contributed by atoms with van der Waals surface area (Å²) in [4.78, 5) is 13.4. The van der Waals surface area contributed by atoms with Crippen LogP contribution in [0.4, 0.5) is 0 Å². The maximum absolute atomic E-state index is 12.4. The summed E-state index contributed by atoms with van der Waals surface area (Å²) in [5.41, 5.74) is 1.34. The van der Waals surface area contributed by atoms with Gasteiger partial charge in [0.15, 0.2) is 5.78 Å². The number of Topliss-reactive ketones (excluding diaryl/α,β-unsaturated/α-hetero) is 1. The smallest absolute Gasteiger partial charge is 0.193 e. The molecule has 4 nitrogen and oxygen atoms in total. The van der Waals surface area contributed by atoms with E-state index in [2.05, 4.69) is 10.3 Å². The first-order valence-corrected chi connectivity index (χ1v) is 7.50. The molecule has 0 aliphatic carbocycles. The predicted molar refractivity (Wildman–Crippen MR) is 82.9 cm³/mol. The molecule has 0 atom stereocenters. The molecular weight excluding hydrogens is 282 g/mol. The van der Waals surface area contributed by atoms with Crippen molar-refractivity contribution < 1.29 is 4.79 Å². The SMILES string of the molecule is O=C(CSc1ccccc1)c1cnnn1-c1ccccc1. The molecule has 104 valence electrons. The molecule has 0 amide bonds. The molecule has 0 bridgehead atoms. The molecule has 0 spiro atoms. The van der Waals surface area contributed by atoms with Gasteiger partial charge in [0.2, 0.25) is 0 Å². The van der Waals surface area contributed by atoms with Crippen LogP contribution in [0.2, 0.25) is 0 Å². The maximum Gasteiger partial charge on any atom is 0.193 e. The molecule has 0 aliphatic rings. The molecule has 21 heavy (non-hydrogen) atoms. The van der Waals surface area contributed by atoms with Crippen LogP contribution in [-0.2, 0) is 0 Å². The van der Waals surface area contributed by atoms with Gasteiger partial charge in [-0.1, -0.05) is 41.6 Å². The lowest BCUT2D eigenvalue weighted by Gasteiger charge is -2.05. The molecule has 3 rings (SSSR count).